The van der Waals surface area contributed by atoms with E-state index < -0.39 is 0 Å². The zero-order chi connectivity index (χ0) is 14.5. The van der Waals surface area contributed by atoms with Gasteiger partial charge in [0.15, 0.2) is 0 Å². The molecule has 1 heterocycles. The van der Waals surface area contributed by atoms with Crippen LogP contribution < -0.4 is 0 Å². The molecule has 1 aromatic rings. The normalized spacial score (nSPS) is 16.4. The Morgan fingerprint density at radius 1 is 1.35 bits per heavy atom. The van der Waals surface area contributed by atoms with Gasteiger partial charge in [-0.05, 0) is 43.9 Å². The average molecular weight is 340 g/mol. The Bertz CT molecular complexity index is 468. The number of benzene rings is 1. The second-order valence-electron chi connectivity index (χ2n) is 5.30. The minimum absolute atomic E-state index is 0.158. The molecule has 0 unspecified atom stereocenters. The number of carbonyl (C=O) groups is 1. The van der Waals surface area contributed by atoms with E-state index in [0.29, 0.717) is 6.10 Å². The largest absolute Gasteiger partial charge is 0.377 e. The van der Waals surface area contributed by atoms with Crippen LogP contribution >= 0.6 is 15.9 Å². The third kappa shape index (κ3) is 3.61. The van der Waals surface area contributed by atoms with Gasteiger partial charge in [0.05, 0.1) is 12.7 Å². The van der Waals surface area contributed by atoms with Crippen LogP contribution in [0.5, 0.6) is 0 Å². The highest BCUT2D eigenvalue weighted by atomic mass is 79.9. The lowest BCUT2D eigenvalue weighted by Gasteiger charge is -2.32. The van der Waals surface area contributed by atoms with E-state index in [4.69, 9.17) is 4.74 Å². The highest BCUT2D eigenvalue weighted by molar-refractivity contribution is 9.09. The van der Waals surface area contributed by atoms with Gasteiger partial charge in [0, 0.05) is 24.0 Å². The molecule has 20 heavy (non-hydrogen) atoms. The molecular formula is C16H22BrNO2. The molecule has 0 bridgehead atoms. The fraction of sp³-hybridized carbons (Fsp3) is 0.562. The minimum Gasteiger partial charge on any atom is -0.377 e. The van der Waals surface area contributed by atoms with E-state index in [9.17, 15) is 4.79 Å². The van der Waals surface area contributed by atoms with E-state index in [1.54, 1.807) is 0 Å². The second-order valence-corrected chi connectivity index (χ2v) is 6.09. The summed E-state index contributed by atoms with van der Waals surface area (Å²) in [6.07, 6.45) is 2.17. The Kier molecular flexibility index (Phi) is 5.61. The number of nitrogens with zero attached hydrogens (tertiary/aromatic N) is 1. The molecule has 4 heteroatoms. The van der Waals surface area contributed by atoms with Gasteiger partial charge in [0.25, 0.3) is 5.91 Å². The van der Waals surface area contributed by atoms with Gasteiger partial charge in [-0.2, -0.15) is 0 Å². The van der Waals surface area contributed by atoms with E-state index >= 15 is 0 Å². The number of rotatable bonds is 4. The first kappa shape index (κ1) is 15.5. The molecule has 1 amide bonds. The number of amides is 1. The van der Waals surface area contributed by atoms with Crippen molar-refractivity contribution in [2.45, 2.75) is 32.8 Å². The zero-order valence-electron chi connectivity index (χ0n) is 12.2. The predicted octanol–water partition coefficient (Wildman–Crippen LogP) is 3.32. The lowest BCUT2D eigenvalue weighted by atomic mass is 10.0. The first-order valence-electron chi connectivity index (χ1n) is 7.16. The van der Waals surface area contributed by atoms with Gasteiger partial charge < -0.3 is 9.64 Å². The van der Waals surface area contributed by atoms with Gasteiger partial charge in [-0.3, -0.25) is 4.79 Å². The van der Waals surface area contributed by atoms with Crippen LogP contribution in [0, 0.1) is 13.8 Å². The number of piperidine rings is 1. The summed E-state index contributed by atoms with van der Waals surface area (Å²) < 4.78 is 5.72. The van der Waals surface area contributed by atoms with Gasteiger partial charge in [0.1, 0.15) is 0 Å². The molecule has 1 aliphatic heterocycles. The lowest BCUT2D eigenvalue weighted by Crippen LogP contribution is -2.41. The average Bonchev–Trinajstić information content (AvgIpc) is 2.48. The van der Waals surface area contributed by atoms with Crippen molar-refractivity contribution in [3.8, 4) is 0 Å². The zero-order valence-corrected chi connectivity index (χ0v) is 13.8. The summed E-state index contributed by atoms with van der Waals surface area (Å²) in [7, 11) is 0. The van der Waals surface area contributed by atoms with Crippen LogP contribution in [0.4, 0.5) is 0 Å². The summed E-state index contributed by atoms with van der Waals surface area (Å²) in [4.78, 5) is 14.5. The van der Waals surface area contributed by atoms with Crippen LogP contribution in [0.1, 0.15) is 34.3 Å². The molecule has 0 radical (unpaired) electrons. The van der Waals surface area contributed by atoms with E-state index in [-0.39, 0.29) is 5.91 Å². The van der Waals surface area contributed by atoms with Crippen LogP contribution in [-0.2, 0) is 4.74 Å². The summed E-state index contributed by atoms with van der Waals surface area (Å²) in [5.41, 5.74) is 3.10. The quantitative estimate of drug-likeness (QED) is 0.787. The second kappa shape index (κ2) is 7.23. The topological polar surface area (TPSA) is 29.5 Å². The standard InChI is InChI=1S/C16H22BrNO2/c1-12-4-3-5-15(13(12)2)16(19)18-9-6-14(7-10-18)20-11-8-17/h3-5,14H,6-11H2,1-2H3. The SMILES string of the molecule is Cc1cccc(C(=O)N2CCC(OCCBr)CC2)c1C. The molecule has 1 saturated heterocycles. The fourth-order valence-electron chi connectivity index (χ4n) is 2.59. The van der Waals surface area contributed by atoms with Crippen molar-refractivity contribution in [1.29, 1.82) is 0 Å². The van der Waals surface area contributed by atoms with Crippen molar-refractivity contribution in [1.82, 2.24) is 4.90 Å². The van der Waals surface area contributed by atoms with Crippen LogP contribution in [0.15, 0.2) is 18.2 Å². The number of hydrogen-bond donors (Lipinski definition) is 0. The van der Waals surface area contributed by atoms with Crippen molar-refractivity contribution in [2.24, 2.45) is 0 Å². The number of hydrogen-bond acceptors (Lipinski definition) is 2. The molecule has 0 aromatic heterocycles. The molecule has 0 atom stereocenters. The van der Waals surface area contributed by atoms with Crippen molar-refractivity contribution < 1.29 is 9.53 Å². The summed E-state index contributed by atoms with van der Waals surface area (Å²) >= 11 is 3.37. The van der Waals surface area contributed by atoms with Crippen LogP contribution in [0.2, 0.25) is 0 Å². The number of carbonyl (C=O) groups excluding carboxylic acids is 1. The van der Waals surface area contributed by atoms with Gasteiger partial charge in [0.2, 0.25) is 0 Å². The fourth-order valence-corrected chi connectivity index (χ4v) is 2.78. The summed E-state index contributed by atoms with van der Waals surface area (Å²) in [5, 5.41) is 0.870. The van der Waals surface area contributed by atoms with Gasteiger partial charge in [-0.25, -0.2) is 0 Å². The number of likely N-dealkylation sites (tertiary alicyclic amines) is 1. The minimum atomic E-state index is 0.158. The van der Waals surface area contributed by atoms with Crippen molar-refractivity contribution >= 4 is 21.8 Å². The number of aryl methyl sites for hydroxylation is 1. The number of halogens is 1. The Hall–Kier alpha value is -0.870. The van der Waals surface area contributed by atoms with Gasteiger partial charge in [-0.15, -0.1) is 0 Å². The first-order chi connectivity index (χ1) is 9.63. The van der Waals surface area contributed by atoms with E-state index in [1.165, 1.54) is 5.56 Å². The maximum absolute atomic E-state index is 12.6. The number of alkyl halides is 1. The molecule has 1 fully saturated rings. The number of ether oxygens (including phenoxy) is 1. The van der Waals surface area contributed by atoms with Crippen LogP contribution in [0.3, 0.4) is 0 Å². The third-order valence-corrected chi connectivity index (χ3v) is 4.32. The lowest BCUT2D eigenvalue weighted by molar-refractivity contribution is 0.0160. The summed E-state index contributed by atoms with van der Waals surface area (Å²) in [6.45, 7) is 6.40. The molecule has 1 aromatic carbocycles. The van der Waals surface area contributed by atoms with E-state index in [1.807, 2.05) is 36.9 Å². The molecule has 0 aliphatic carbocycles. The highest BCUT2D eigenvalue weighted by Crippen LogP contribution is 2.19. The van der Waals surface area contributed by atoms with Gasteiger partial charge in [-0.1, -0.05) is 28.1 Å². The maximum Gasteiger partial charge on any atom is 0.254 e. The molecule has 3 nitrogen and oxygen atoms in total. The van der Waals surface area contributed by atoms with Crippen molar-refractivity contribution in [3.63, 3.8) is 0 Å². The van der Waals surface area contributed by atoms with Crippen LogP contribution in [-0.4, -0.2) is 41.9 Å². The maximum atomic E-state index is 12.6. The monoisotopic (exact) mass is 339 g/mol. The van der Waals surface area contributed by atoms with E-state index in [0.717, 1.165) is 49.0 Å². The molecule has 0 spiro atoms. The van der Waals surface area contributed by atoms with Crippen molar-refractivity contribution in [3.05, 3.63) is 34.9 Å². The summed E-state index contributed by atoms with van der Waals surface area (Å²) in [6, 6.07) is 5.94. The van der Waals surface area contributed by atoms with Crippen LogP contribution in [0.25, 0.3) is 0 Å². The molecule has 110 valence electrons. The Balaban J connectivity index is 1.96. The Morgan fingerprint density at radius 3 is 2.70 bits per heavy atom. The third-order valence-electron chi connectivity index (χ3n) is 3.99. The van der Waals surface area contributed by atoms with Crippen molar-refractivity contribution in [2.75, 3.05) is 25.0 Å². The molecule has 0 N–H and O–H groups in total. The molecular weight excluding hydrogens is 318 g/mol. The molecule has 2 rings (SSSR count). The highest BCUT2D eigenvalue weighted by Gasteiger charge is 2.24. The predicted molar refractivity (Wildman–Crippen MR) is 84.6 cm³/mol. The van der Waals surface area contributed by atoms with Gasteiger partial charge >= 0.3 is 0 Å². The molecule has 0 saturated carbocycles. The molecule has 1 aliphatic rings. The summed E-state index contributed by atoms with van der Waals surface area (Å²) in [5.74, 6) is 0.158. The van der Waals surface area contributed by atoms with E-state index in [2.05, 4.69) is 15.9 Å². The first-order valence-corrected chi connectivity index (χ1v) is 8.28. The smallest absolute Gasteiger partial charge is 0.254 e. The Morgan fingerprint density at radius 2 is 2.05 bits per heavy atom. The Labute approximate surface area is 129 Å².